The largest absolute Gasteiger partial charge is 0.288 e. The summed E-state index contributed by atoms with van der Waals surface area (Å²) in [5.74, 6) is -0.859. The predicted octanol–water partition coefficient (Wildman–Crippen LogP) is 0.571. The molecule has 1 rings (SSSR count). The molecule has 0 bridgehead atoms. The number of alkyl halides is 1. The SMILES string of the molecule is O=C1NC(=O)C(CI)=C1Cl. The minimum atomic E-state index is -0.488. The Balaban J connectivity index is 3.01. The van der Waals surface area contributed by atoms with E-state index in [0.29, 0.717) is 10.0 Å². The summed E-state index contributed by atoms with van der Waals surface area (Å²) in [4.78, 5) is 21.4. The van der Waals surface area contributed by atoms with Gasteiger partial charge in [-0.1, -0.05) is 34.2 Å². The van der Waals surface area contributed by atoms with Crippen molar-refractivity contribution >= 4 is 46.0 Å². The molecule has 5 heteroatoms. The zero-order chi connectivity index (χ0) is 7.72. The van der Waals surface area contributed by atoms with Crippen molar-refractivity contribution in [3.05, 3.63) is 10.6 Å². The summed E-state index contributed by atoms with van der Waals surface area (Å²) in [5.41, 5.74) is 0.368. The first kappa shape index (κ1) is 8.00. The van der Waals surface area contributed by atoms with Crippen LogP contribution in [0.3, 0.4) is 0 Å². The van der Waals surface area contributed by atoms with Gasteiger partial charge in [0.05, 0.1) is 5.57 Å². The first-order chi connectivity index (χ1) is 4.66. The van der Waals surface area contributed by atoms with E-state index in [-0.39, 0.29) is 10.9 Å². The van der Waals surface area contributed by atoms with E-state index in [1.54, 1.807) is 0 Å². The van der Waals surface area contributed by atoms with E-state index in [1.807, 2.05) is 22.6 Å². The normalized spacial score (nSPS) is 18.2. The Kier molecular flexibility index (Phi) is 2.30. The molecule has 3 nitrogen and oxygen atoms in total. The van der Waals surface area contributed by atoms with Gasteiger partial charge in [-0.25, -0.2) is 0 Å². The van der Waals surface area contributed by atoms with E-state index in [9.17, 15) is 9.59 Å². The fraction of sp³-hybridized carbons (Fsp3) is 0.200. The lowest BCUT2D eigenvalue weighted by molar-refractivity contribution is -0.123. The van der Waals surface area contributed by atoms with Crippen LogP contribution in [0.2, 0.25) is 0 Å². The third kappa shape index (κ3) is 1.17. The highest BCUT2D eigenvalue weighted by atomic mass is 127. The second-order valence-electron chi connectivity index (χ2n) is 1.71. The number of amides is 2. The number of halogens is 2. The Morgan fingerprint density at radius 1 is 1.40 bits per heavy atom. The lowest BCUT2D eigenvalue weighted by Crippen LogP contribution is -2.22. The van der Waals surface area contributed by atoms with Gasteiger partial charge in [-0.3, -0.25) is 14.9 Å². The number of imide groups is 1. The molecule has 0 radical (unpaired) electrons. The van der Waals surface area contributed by atoms with Crippen LogP contribution >= 0.6 is 34.2 Å². The molecule has 0 saturated carbocycles. The van der Waals surface area contributed by atoms with Crippen molar-refractivity contribution in [3.8, 4) is 0 Å². The standard InChI is InChI=1S/C5H3ClINO2/c6-3-2(1-7)4(9)8-5(3)10/h1H2,(H,8,9,10). The molecular weight excluding hydrogens is 268 g/mol. The van der Waals surface area contributed by atoms with Crippen LogP contribution in [0.4, 0.5) is 0 Å². The summed E-state index contributed by atoms with van der Waals surface area (Å²) in [6.07, 6.45) is 0. The predicted molar refractivity (Wildman–Crippen MR) is 44.9 cm³/mol. The molecule has 2 amide bonds. The van der Waals surface area contributed by atoms with E-state index >= 15 is 0 Å². The average molecular weight is 271 g/mol. The number of nitrogens with one attached hydrogen (secondary N) is 1. The third-order valence-electron chi connectivity index (χ3n) is 1.10. The van der Waals surface area contributed by atoms with Crippen LogP contribution in [0.25, 0.3) is 0 Å². The Morgan fingerprint density at radius 2 is 2.00 bits per heavy atom. The quantitative estimate of drug-likeness (QED) is 0.430. The molecule has 10 heavy (non-hydrogen) atoms. The number of hydrogen-bond acceptors (Lipinski definition) is 2. The summed E-state index contributed by atoms with van der Waals surface area (Å²) in [6.45, 7) is 0. The highest BCUT2D eigenvalue weighted by molar-refractivity contribution is 14.1. The molecule has 0 aromatic carbocycles. The van der Waals surface area contributed by atoms with Gasteiger partial charge >= 0.3 is 0 Å². The maximum absolute atomic E-state index is 10.7. The van der Waals surface area contributed by atoms with Gasteiger partial charge in [0, 0.05) is 4.43 Å². The molecule has 1 heterocycles. The van der Waals surface area contributed by atoms with Crippen molar-refractivity contribution in [2.24, 2.45) is 0 Å². The van der Waals surface area contributed by atoms with Crippen LogP contribution in [0, 0.1) is 0 Å². The summed E-state index contributed by atoms with van der Waals surface area (Å²) < 4.78 is 0.466. The van der Waals surface area contributed by atoms with Gasteiger partial charge in [0.1, 0.15) is 5.03 Å². The highest BCUT2D eigenvalue weighted by Gasteiger charge is 2.27. The van der Waals surface area contributed by atoms with Crippen molar-refractivity contribution in [2.75, 3.05) is 4.43 Å². The summed E-state index contributed by atoms with van der Waals surface area (Å²) in [5, 5.41) is 2.11. The van der Waals surface area contributed by atoms with Crippen LogP contribution < -0.4 is 5.32 Å². The van der Waals surface area contributed by atoms with Gasteiger partial charge in [0.25, 0.3) is 11.8 Å². The van der Waals surface area contributed by atoms with Crippen molar-refractivity contribution in [2.45, 2.75) is 0 Å². The second-order valence-corrected chi connectivity index (χ2v) is 2.85. The van der Waals surface area contributed by atoms with Crippen LogP contribution in [0.1, 0.15) is 0 Å². The number of carbonyl (C=O) groups excluding carboxylic acids is 2. The smallest absolute Gasteiger partial charge is 0.270 e. The molecule has 1 aliphatic rings. The number of carbonyl (C=O) groups is 2. The molecule has 0 fully saturated rings. The molecule has 0 aliphatic carbocycles. The lowest BCUT2D eigenvalue weighted by Gasteiger charge is -1.88. The highest BCUT2D eigenvalue weighted by Crippen LogP contribution is 2.17. The maximum Gasteiger partial charge on any atom is 0.270 e. The van der Waals surface area contributed by atoms with E-state index in [0.717, 1.165) is 0 Å². The molecule has 0 saturated heterocycles. The van der Waals surface area contributed by atoms with Gasteiger partial charge in [0.2, 0.25) is 0 Å². The maximum atomic E-state index is 10.7. The Bertz CT molecular complexity index is 236. The van der Waals surface area contributed by atoms with Gasteiger partial charge in [-0.2, -0.15) is 0 Å². The number of rotatable bonds is 1. The minimum Gasteiger partial charge on any atom is -0.288 e. The molecule has 1 N–H and O–H groups in total. The molecule has 54 valence electrons. The van der Waals surface area contributed by atoms with E-state index in [2.05, 4.69) is 5.32 Å². The van der Waals surface area contributed by atoms with Crippen molar-refractivity contribution < 1.29 is 9.59 Å². The summed E-state index contributed by atoms with van der Waals surface area (Å²) in [7, 11) is 0. The first-order valence-electron chi connectivity index (χ1n) is 2.47. The molecular formula is C5H3ClINO2. The van der Waals surface area contributed by atoms with Crippen LogP contribution in [0.5, 0.6) is 0 Å². The topological polar surface area (TPSA) is 46.2 Å². The summed E-state index contributed by atoms with van der Waals surface area (Å²) >= 11 is 7.44. The molecule has 0 atom stereocenters. The number of hydrogen-bond donors (Lipinski definition) is 1. The zero-order valence-corrected chi connectivity index (χ0v) is 7.69. The average Bonchev–Trinajstić information content (AvgIpc) is 2.09. The van der Waals surface area contributed by atoms with Gasteiger partial charge in [-0.15, -0.1) is 0 Å². The van der Waals surface area contributed by atoms with Crippen LogP contribution in [0.15, 0.2) is 10.6 Å². The minimum absolute atomic E-state index is 0.0272. The molecule has 0 spiro atoms. The van der Waals surface area contributed by atoms with Crippen molar-refractivity contribution in [1.82, 2.24) is 5.32 Å². The zero-order valence-electron chi connectivity index (χ0n) is 4.78. The second kappa shape index (κ2) is 2.87. The Labute approximate surface area is 75.9 Å². The monoisotopic (exact) mass is 271 g/mol. The Hall–Kier alpha value is -0.100. The summed E-state index contributed by atoms with van der Waals surface area (Å²) in [6, 6.07) is 0. The fourth-order valence-electron chi connectivity index (χ4n) is 0.589. The van der Waals surface area contributed by atoms with E-state index in [4.69, 9.17) is 11.6 Å². The molecule has 0 unspecified atom stereocenters. The molecule has 0 aromatic rings. The van der Waals surface area contributed by atoms with Gasteiger partial charge < -0.3 is 0 Å². The fourth-order valence-corrected chi connectivity index (χ4v) is 1.74. The Morgan fingerprint density at radius 3 is 2.20 bits per heavy atom. The van der Waals surface area contributed by atoms with Gasteiger partial charge in [0.15, 0.2) is 0 Å². The lowest BCUT2D eigenvalue weighted by atomic mass is 10.3. The van der Waals surface area contributed by atoms with Crippen molar-refractivity contribution in [1.29, 1.82) is 0 Å². The van der Waals surface area contributed by atoms with Crippen molar-refractivity contribution in [3.63, 3.8) is 0 Å². The van der Waals surface area contributed by atoms with E-state index < -0.39 is 5.91 Å². The third-order valence-corrected chi connectivity index (χ3v) is 2.26. The molecule has 0 aromatic heterocycles. The van der Waals surface area contributed by atoms with Crippen LogP contribution in [-0.2, 0) is 9.59 Å². The first-order valence-corrected chi connectivity index (χ1v) is 4.37. The van der Waals surface area contributed by atoms with E-state index in [1.165, 1.54) is 0 Å². The van der Waals surface area contributed by atoms with Crippen LogP contribution in [-0.4, -0.2) is 16.2 Å². The van der Waals surface area contributed by atoms with Gasteiger partial charge in [-0.05, 0) is 0 Å². The molecule has 1 aliphatic heterocycles.